The number of carbonyl (C=O) groups excluding carboxylic acids is 1. The van der Waals surface area contributed by atoms with E-state index in [1.165, 1.54) is 12.8 Å². The van der Waals surface area contributed by atoms with Gasteiger partial charge in [-0.3, -0.25) is 4.79 Å². The highest BCUT2D eigenvalue weighted by atomic mass is 35.5. The molecule has 2 N–H and O–H groups in total. The van der Waals surface area contributed by atoms with Gasteiger partial charge in [0.25, 0.3) is 0 Å². The lowest BCUT2D eigenvalue weighted by atomic mass is 9.89. The fourth-order valence-electron chi connectivity index (χ4n) is 3.87. The van der Waals surface area contributed by atoms with Gasteiger partial charge in [0.15, 0.2) is 0 Å². The largest absolute Gasteiger partial charge is 0.497 e. The number of amides is 1. The first-order valence-corrected chi connectivity index (χ1v) is 8.87. The molecule has 4 nitrogen and oxygen atoms in total. The summed E-state index contributed by atoms with van der Waals surface area (Å²) in [5, 5.41) is 7.34. The Balaban J connectivity index is 1.41. The molecule has 0 radical (unpaired) electrons. The number of carbonyl (C=O) groups is 1. The zero-order valence-electron chi connectivity index (χ0n) is 13.6. The van der Waals surface area contributed by atoms with Gasteiger partial charge in [-0.15, -0.1) is 0 Å². The van der Waals surface area contributed by atoms with Crippen LogP contribution >= 0.6 is 11.6 Å². The van der Waals surface area contributed by atoms with Crippen molar-refractivity contribution >= 4 is 17.5 Å². The van der Waals surface area contributed by atoms with E-state index < -0.39 is 0 Å². The van der Waals surface area contributed by atoms with Crippen LogP contribution in [0.25, 0.3) is 0 Å². The molecular formula is C18H25ClN2O2. The smallest absolute Gasteiger partial charge is 0.220 e. The standard InChI is InChI=1S/C18H25ClN2O2/c1-23-16-5-2-13(17(19)11-16)6-7-20-18(22)10-12-8-14-3-4-15(9-12)21-14/h2,5,11-12,14-15,21H,3-4,6-10H2,1H3,(H,20,22)/t12?,14-,15+. The predicted octanol–water partition coefficient (Wildman–Crippen LogP) is 2.93. The molecule has 3 atom stereocenters. The van der Waals surface area contributed by atoms with Crippen LogP contribution in [-0.4, -0.2) is 31.6 Å². The number of fused-ring (bicyclic) bond motifs is 2. The summed E-state index contributed by atoms with van der Waals surface area (Å²) in [6, 6.07) is 6.95. The second kappa shape index (κ2) is 7.54. The monoisotopic (exact) mass is 336 g/mol. The summed E-state index contributed by atoms with van der Waals surface area (Å²) < 4.78 is 5.14. The fourth-order valence-corrected chi connectivity index (χ4v) is 4.14. The van der Waals surface area contributed by atoms with Crippen LogP contribution in [0.15, 0.2) is 18.2 Å². The number of rotatable bonds is 6. The quantitative estimate of drug-likeness (QED) is 0.839. The zero-order chi connectivity index (χ0) is 16.2. The Bertz CT molecular complexity index is 552. The highest BCUT2D eigenvalue weighted by Gasteiger charge is 2.34. The molecule has 23 heavy (non-hydrogen) atoms. The van der Waals surface area contributed by atoms with Crippen molar-refractivity contribution in [1.82, 2.24) is 10.6 Å². The first kappa shape index (κ1) is 16.6. The van der Waals surface area contributed by atoms with Crippen molar-refractivity contribution in [3.8, 4) is 5.75 Å². The van der Waals surface area contributed by atoms with E-state index in [9.17, 15) is 4.79 Å². The maximum Gasteiger partial charge on any atom is 0.220 e. The van der Waals surface area contributed by atoms with Crippen LogP contribution < -0.4 is 15.4 Å². The molecule has 2 saturated heterocycles. The molecule has 126 valence electrons. The van der Waals surface area contributed by atoms with Gasteiger partial charge in [-0.05, 0) is 55.7 Å². The maximum atomic E-state index is 12.1. The normalized spacial score (nSPS) is 26.1. The van der Waals surface area contributed by atoms with Crippen molar-refractivity contribution in [3.05, 3.63) is 28.8 Å². The summed E-state index contributed by atoms with van der Waals surface area (Å²) in [6.07, 6.45) is 6.25. The van der Waals surface area contributed by atoms with E-state index in [0.717, 1.165) is 30.6 Å². The predicted molar refractivity (Wildman–Crippen MR) is 92.0 cm³/mol. The number of halogens is 1. The number of methoxy groups -OCH3 is 1. The topological polar surface area (TPSA) is 50.4 Å². The van der Waals surface area contributed by atoms with Crippen LogP contribution in [0, 0.1) is 5.92 Å². The molecule has 2 heterocycles. The number of ether oxygens (including phenoxy) is 1. The number of benzene rings is 1. The van der Waals surface area contributed by atoms with Crippen molar-refractivity contribution < 1.29 is 9.53 Å². The molecule has 2 aliphatic rings. The number of piperidine rings is 1. The van der Waals surface area contributed by atoms with Gasteiger partial charge in [-0.25, -0.2) is 0 Å². The van der Waals surface area contributed by atoms with Crippen molar-refractivity contribution in [2.24, 2.45) is 5.92 Å². The summed E-state index contributed by atoms with van der Waals surface area (Å²) >= 11 is 6.22. The minimum absolute atomic E-state index is 0.168. The Morgan fingerprint density at radius 2 is 2.09 bits per heavy atom. The number of hydrogen-bond acceptors (Lipinski definition) is 3. The lowest BCUT2D eigenvalue weighted by Crippen LogP contribution is -2.39. The molecule has 2 fully saturated rings. The molecule has 1 unspecified atom stereocenters. The van der Waals surface area contributed by atoms with Crippen LogP contribution in [-0.2, 0) is 11.2 Å². The second-order valence-corrected chi connectivity index (χ2v) is 7.14. The molecular weight excluding hydrogens is 312 g/mol. The van der Waals surface area contributed by atoms with Crippen molar-refractivity contribution in [2.75, 3.05) is 13.7 Å². The Morgan fingerprint density at radius 3 is 2.74 bits per heavy atom. The van der Waals surface area contributed by atoms with E-state index in [1.54, 1.807) is 7.11 Å². The van der Waals surface area contributed by atoms with E-state index >= 15 is 0 Å². The summed E-state index contributed by atoms with van der Waals surface area (Å²) in [5.41, 5.74) is 1.03. The van der Waals surface area contributed by atoms with Crippen LogP contribution in [0.5, 0.6) is 5.75 Å². The Hall–Kier alpha value is -1.26. The van der Waals surface area contributed by atoms with Crippen LogP contribution in [0.1, 0.15) is 37.7 Å². The van der Waals surface area contributed by atoms with Gasteiger partial charge in [0.05, 0.1) is 7.11 Å². The van der Waals surface area contributed by atoms with Crippen molar-refractivity contribution in [2.45, 2.75) is 50.6 Å². The van der Waals surface area contributed by atoms with Gasteiger partial charge in [0.2, 0.25) is 5.91 Å². The van der Waals surface area contributed by atoms with Gasteiger partial charge in [-0.1, -0.05) is 17.7 Å². The summed E-state index contributed by atoms with van der Waals surface area (Å²) in [6.45, 7) is 0.628. The average molecular weight is 337 g/mol. The molecule has 3 rings (SSSR count). The molecule has 2 bridgehead atoms. The lowest BCUT2D eigenvalue weighted by Gasteiger charge is -2.28. The average Bonchev–Trinajstić information content (AvgIpc) is 2.87. The van der Waals surface area contributed by atoms with Gasteiger partial charge in [0, 0.05) is 30.1 Å². The molecule has 5 heteroatoms. The van der Waals surface area contributed by atoms with Gasteiger partial charge < -0.3 is 15.4 Å². The van der Waals surface area contributed by atoms with E-state index in [2.05, 4.69) is 10.6 Å². The van der Waals surface area contributed by atoms with E-state index in [1.807, 2.05) is 18.2 Å². The third-order valence-corrected chi connectivity index (χ3v) is 5.37. The molecule has 0 aliphatic carbocycles. The first-order valence-electron chi connectivity index (χ1n) is 8.49. The molecule has 0 saturated carbocycles. The Labute approximate surface area is 142 Å². The third-order valence-electron chi connectivity index (χ3n) is 5.02. The Morgan fingerprint density at radius 1 is 1.35 bits per heavy atom. The minimum Gasteiger partial charge on any atom is -0.497 e. The third kappa shape index (κ3) is 4.39. The fraction of sp³-hybridized carbons (Fsp3) is 0.611. The Kier molecular flexibility index (Phi) is 5.44. The molecule has 1 aromatic rings. The number of nitrogens with one attached hydrogen (secondary N) is 2. The molecule has 0 spiro atoms. The second-order valence-electron chi connectivity index (χ2n) is 6.74. The number of hydrogen-bond donors (Lipinski definition) is 2. The van der Waals surface area contributed by atoms with E-state index in [0.29, 0.717) is 36.0 Å². The lowest BCUT2D eigenvalue weighted by molar-refractivity contribution is -0.122. The van der Waals surface area contributed by atoms with E-state index in [4.69, 9.17) is 16.3 Å². The summed E-state index contributed by atoms with van der Waals surface area (Å²) in [7, 11) is 1.62. The first-order chi connectivity index (χ1) is 11.1. The highest BCUT2D eigenvalue weighted by molar-refractivity contribution is 6.31. The zero-order valence-corrected chi connectivity index (χ0v) is 14.4. The van der Waals surface area contributed by atoms with Crippen molar-refractivity contribution in [3.63, 3.8) is 0 Å². The maximum absolute atomic E-state index is 12.1. The van der Waals surface area contributed by atoms with Gasteiger partial charge in [0.1, 0.15) is 5.75 Å². The minimum atomic E-state index is 0.168. The summed E-state index contributed by atoms with van der Waals surface area (Å²) in [4.78, 5) is 12.1. The summed E-state index contributed by atoms with van der Waals surface area (Å²) in [5.74, 6) is 1.46. The van der Waals surface area contributed by atoms with Crippen molar-refractivity contribution in [1.29, 1.82) is 0 Å². The highest BCUT2D eigenvalue weighted by Crippen LogP contribution is 2.32. The molecule has 2 aliphatic heterocycles. The van der Waals surface area contributed by atoms with Crippen LogP contribution in [0.4, 0.5) is 0 Å². The molecule has 1 amide bonds. The van der Waals surface area contributed by atoms with Crippen LogP contribution in [0.3, 0.4) is 0 Å². The SMILES string of the molecule is COc1ccc(CCNC(=O)CC2C[C@H]3CC[C@@H](C2)N3)c(Cl)c1. The molecule has 0 aromatic heterocycles. The van der Waals surface area contributed by atoms with Gasteiger partial charge >= 0.3 is 0 Å². The van der Waals surface area contributed by atoms with Crippen LogP contribution in [0.2, 0.25) is 5.02 Å². The molecule has 1 aromatic carbocycles. The van der Waals surface area contributed by atoms with E-state index in [-0.39, 0.29) is 5.91 Å². The van der Waals surface area contributed by atoms with Gasteiger partial charge in [-0.2, -0.15) is 0 Å².